The molecule has 0 radical (unpaired) electrons. The second-order valence-electron chi connectivity index (χ2n) is 11.4. The van der Waals surface area contributed by atoms with Crippen LogP contribution in [-0.2, 0) is 11.3 Å². The lowest BCUT2D eigenvalue weighted by atomic mass is 9.99. The molecule has 3 heterocycles. The largest absolute Gasteiger partial charge is 0.493 e. The molecule has 1 aliphatic rings. The summed E-state index contributed by atoms with van der Waals surface area (Å²) in [5.74, 6) is 1.38. The lowest BCUT2D eigenvalue weighted by Gasteiger charge is -2.24. The van der Waals surface area contributed by atoms with Crippen LogP contribution in [-0.4, -0.2) is 57.3 Å². The van der Waals surface area contributed by atoms with Crippen molar-refractivity contribution in [3.05, 3.63) is 117 Å². The molecule has 3 aromatic carbocycles. The summed E-state index contributed by atoms with van der Waals surface area (Å²) in [6.07, 6.45) is 0.532. The number of para-hydroxylation sites is 1. The van der Waals surface area contributed by atoms with E-state index in [1.165, 1.54) is 11.8 Å². The summed E-state index contributed by atoms with van der Waals surface area (Å²) in [7, 11) is 3.19. The minimum atomic E-state index is -0.385. The first-order valence-corrected chi connectivity index (χ1v) is 17.3. The van der Waals surface area contributed by atoms with Crippen LogP contribution in [0, 0.1) is 20.8 Å². The molecule has 0 aliphatic carbocycles. The topological polar surface area (TPSA) is 111 Å². The molecule has 5 aromatic rings. The number of aryl methyl sites for hydroxylation is 3. The fourth-order valence-electron chi connectivity index (χ4n) is 5.70. The predicted octanol–water partition coefficient (Wildman–Crippen LogP) is 6.67. The Morgan fingerprint density at radius 3 is 2.52 bits per heavy atom. The summed E-state index contributed by atoms with van der Waals surface area (Å²) < 4.78 is 13.2. The molecule has 1 aliphatic heterocycles. The molecule has 246 valence electrons. The van der Waals surface area contributed by atoms with Gasteiger partial charge in [-0.05, 0) is 67.6 Å². The maximum atomic E-state index is 14.1. The van der Waals surface area contributed by atoms with E-state index >= 15 is 0 Å². The number of nitrogens with zero attached hydrogens (tertiary/aromatic N) is 5. The number of thioether (sulfide) groups is 1. The van der Waals surface area contributed by atoms with Crippen LogP contribution in [0.25, 0.3) is 5.69 Å². The first kappa shape index (κ1) is 33.0. The molecule has 0 spiro atoms. The van der Waals surface area contributed by atoms with Crippen molar-refractivity contribution >= 4 is 40.6 Å². The van der Waals surface area contributed by atoms with Crippen molar-refractivity contribution in [2.75, 3.05) is 20.0 Å². The average molecular weight is 681 g/mol. The second kappa shape index (κ2) is 14.4. The molecule has 2 aromatic heterocycles. The van der Waals surface area contributed by atoms with E-state index < -0.39 is 0 Å². The van der Waals surface area contributed by atoms with Crippen LogP contribution < -0.4 is 14.8 Å². The number of nitrogens with one attached hydrogen (secondary N) is 1. The van der Waals surface area contributed by atoms with Gasteiger partial charge in [-0.15, -0.1) is 21.5 Å². The van der Waals surface area contributed by atoms with Gasteiger partial charge in [0.15, 0.2) is 22.5 Å². The van der Waals surface area contributed by atoms with Gasteiger partial charge in [-0.3, -0.25) is 14.2 Å². The Morgan fingerprint density at radius 2 is 1.77 bits per heavy atom. The molecular formula is C36H36N6O4S2. The standard InChI is InChI=1S/C36H36N6O4S2/c1-22-9-6-10-25(17-22)35(44)37-20-32-38-39-36(41(32)28-18-23(2)14-15-24(28)3)48-21-33(43)42-29(19-27(40-42)31-13-8-16-47-31)26-11-7-12-30(45-4)34(26)46-5/h6-18,29H,19-21H2,1-5H3,(H,37,44)/t29-/m0/s1. The molecular weight excluding hydrogens is 645 g/mol. The van der Waals surface area contributed by atoms with Crippen molar-refractivity contribution in [1.29, 1.82) is 0 Å². The van der Waals surface area contributed by atoms with Crippen molar-refractivity contribution in [3.63, 3.8) is 0 Å². The van der Waals surface area contributed by atoms with Gasteiger partial charge in [0.2, 0.25) is 0 Å². The Hall–Kier alpha value is -4.94. The van der Waals surface area contributed by atoms with Gasteiger partial charge >= 0.3 is 0 Å². The number of benzene rings is 3. The minimum absolute atomic E-state index is 0.0582. The summed E-state index contributed by atoms with van der Waals surface area (Å²) in [4.78, 5) is 28.1. The van der Waals surface area contributed by atoms with Gasteiger partial charge in [-0.25, -0.2) is 5.01 Å². The molecule has 0 saturated heterocycles. The molecule has 10 nitrogen and oxygen atoms in total. The van der Waals surface area contributed by atoms with Crippen LogP contribution in [0.1, 0.15) is 55.8 Å². The zero-order chi connectivity index (χ0) is 33.8. The van der Waals surface area contributed by atoms with E-state index in [0.717, 1.165) is 38.5 Å². The maximum Gasteiger partial charge on any atom is 0.253 e. The molecule has 48 heavy (non-hydrogen) atoms. The Kier molecular flexibility index (Phi) is 9.93. The number of carbonyl (C=O) groups is 2. The summed E-state index contributed by atoms with van der Waals surface area (Å²) in [5.41, 5.74) is 6.18. The first-order valence-electron chi connectivity index (χ1n) is 15.4. The molecule has 12 heteroatoms. The van der Waals surface area contributed by atoms with Gasteiger partial charge < -0.3 is 14.8 Å². The molecule has 2 amide bonds. The normalized spacial score (nSPS) is 14.1. The number of rotatable bonds is 11. The van der Waals surface area contributed by atoms with E-state index in [2.05, 4.69) is 21.6 Å². The van der Waals surface area contributed by atoms with E-state index in [4.69, 9.17) is 14.6 Å². The number of ether oxygens (including phenoxy) is 2. The van der Waals surface area contributed by atoms with Crippen molar-refractivity contribution in [2.45, 2.75) is 44.9 Å². The Morgan fingerprint density at radius 1 is 0.958 bits per heavy atom. The molecule has 6 rings (SSSR count). The Bertz CT molecular complexity index is 1990. The first-order chi connectivity index (χ1) is 23.3. The van der Waals surface area contributed by atoms with Gasteiger partial charge in [0.25, 0.3) is 11.8 Å². The highest BCUT2D eigenvalue weighted by Crippen LogP contribution is 2.42. The third-order valence-electron chi connectivity index (χ3n) is 8.08. The van der Waals surface area contributed by atoms with Crippen molar-refractivity contribution in [3.8, 4) is 17.2 Å². The highest BCUT2D eigenvalue weighted by atomic mass is 32.2. The number of thiophene rings is 1. The minimum Gasteiger partial charge on any atom is -0.493 e. The average Bonchev–Trinajstić information content (AvgIpc) is 3.87. The predicted molar refractivity (Wildman–Crippen MR) is 189 cm³/mol. The molecule has 0 unspecified atom stereocenters. The number of hydrogen-bond donors (Lipinski definition) is 1. The van der Waals surface area contributed by atoms with Gasteiger partial charge in [0.05, 0.1) is 48.8 Å². The van der Waals surface area contributed by atoms with Crippen LogP contribution in [0.4, 0.5) is 0 Å². The van der Waals surface area contributed by atoms with Crippen LogP contribution in [0.15, 0.2) is 88.4 Å². The zero-order valence-electron chi connectivity index (χ0n) is 27.4. The zero-order valence-corrected chi connectivity index (χ0v) is 29.0. The van der Waals surface area contributed by atoms with Crippen molar-refractivity contribution < 1.29 is 19.1 Å². The summed E-state index contributed by atoms with van der Waals surface area (Å²) in [5, 5.41) is 20.9. The quantitative estimate of drug-likeness (QED) is 0.155. The summed E-state index contributed by atoms with van der Waals surface area (Å²) in [6.45, 7) is 6.14. The number of hydrazone groups is 1. The third-order valence-corrected chi connectivity index (χ3v) is 9.91. The Balaban J connectivity index is 1.29. The maximum absolute atomic E-state index is 14.1. The highest BCUT2D eigenvalue weighted by Gasteiger charge is 2.36. The van der Waals surface area contributed by atoms with E-state index in [0.29, 0.717) is 34.5 Å². The van der Waals surface area contributed by atoms with Gasteiger partial charge in [0, 0.05) is 17.5 Å². The molecule has 0 bridgehead atoms. The summed E-state index contributed by atoms with van der Waals surface area (Å²) in [6, 6.07) is 22.8. The van der Waals surface area contributed by atoms with E-state index in [-0.39, 0.29) is 30.2 Å². The number of hydrogen-bond acceptors (Lipinski definition) is 9. The smallest absolute Gasteiger partial charge is 0.253 e. The highest BCUT2D eigenvalue weighted by molar-refractivity contribution is 7.99. The lowest BCUT2D eigenvalue weighted by Crippen LogP contribution is -2.29. The lowest BCUT2D eigenvalue weighted by molar-refractivity contribution is -0.130. The van der Waals surface area contributed by atoms with Crippen molar-refractivity contribution in [2.24, 2.45) is 5.10 Å². The van der Waals surface area contributed by atoms with Gasteiger partial charge in [-0.2, -0.15) is 5.10 Å². The molecule has 0 fully saturated rings. The van der Waals surface area contributed by atoms with E-state index in [1.54, 1.807) is 36.6 Å². The molecule has 1 N–H and O–H groups in total. The monoisotopic (exact) mass is 680 g/mol. The van der Waals surface area contributed by atoms with Gasteiger partial charge in [0.1, 0.15) is 0 Å². The van der Waals surface area contributed by atoms with Gasteiger partial charge in [-0.1, -0.05) is 59.8 Å². The van der Waals surface area contributed by atoms with Crippen LogP contribution in [0.3, 0.4) is 0 Å². The number of aromatic nitrogens is 3. The van der Waals surface area contributed by atoms with Crippen molar-refractivity contribution in [1.82, 2.24) is 25.1 Å². The van der Waals surface area contributed by atoms with Crippen LogP contribution >= 0.6 is 23.1 Å². The fourth-order valence-corrected chi connectivity index (χ4v) is 7.24. The molecule has 0 saturated carbocycles. The van der Waals surface area contributed by atoms with Crippen LogP contribution in [0.2, 0.25) is 0 Å². The number of methoxy groups -OCH3 is 2. The molecule has 1 atom stereocenters. The number of amides is 2. The summed E-state index contributed by atoms with van der Waals surface area (Å²) >= 11 is 2.87. The second-order valence-corrected chi connectivity index (χ2v) is 13.3. The Labute approximate surface area is 287 Å². The SMILES string of the molecule is COc1cccc([C@@H]2CC(c3cccs3)=NN2C(=O)CSc2nnc(CNC(=O)c3cccc(C)c3)n2-c2cc(C)ccc2C)c1OC. The third kappa shape index (κ3) is 6.85. The van der Waals surface area contributed by atoms with Crippen LogP contribution in [0.5, 0.6) is 11.5 Å². The van der Waals surface area contributed by atoms with E-state index in [9.17, 15) is 9.59 Å². The fraction of sp³-hybridized carbons (Fsp3) is 0.250. The number of carbonyl (C=O) groups excluding carboxylic acids is 2. The van der Waals surface area contributed by atoms with E-state index in [1.807, 2.05) is 91.4 Å².